The molecule has 0 radical (unpaired) electrons. The van der Waals surface area contributed by atoms with Gasteiger partial charge in [0.05, 0.1) is 6.04 Å². The number of carbonyl (C=O) groups excluding carboxylic acids is 2. The lowest BCUT2D eigenvalue weighted by Gasteiger charge is -2.45. The Kier molecular flexibility index (Phi) is 4.83. The van der Waals surface area contributed by atoms with Crippen molar-refractivity contribution >= 4 is 17.4 Å². The zero-order valence-electron chi connectivity index (χ0n) is 22.1. The maximum atomic E-state index is 13.5. The van der Waals surface area contributed by atoms with E-state index in [0.717, 1.165) is 11.1 Å². The number of aliphatic hydroxyl groups is 1. The van der Waals surface area contributed by atoms with Crippen LogP contribution in [-0.2, 0) is 24.7 Å². The summed E-state index contributed by atoms with van der Waals surface area (Å²) in [6, 6.07) is 16.5. The number of hydrogen-bond donors (Lipinski definition) is 2. The fourth-order valence-electron chi connectivity index (χ4n) is 8.56. The summed E-state index contributed by atoms with van der Waals surface area (Å²) in [6.45, 7) is 14.7. The van der Waals surface area contributed by atoms with Crippen LogP contribution in [0.5, 0.6) is 0 Å². The predicted octanol–water partition coefficient (Wildman–Crippen LogP) is 4.67. The van der Waals surface area contributed by atoms with Crippen LogP contribution in [0.15, 0.2) is 61.2 Å². The predicted molar refractivity (Wildman–Crippen MR) is 139 cm³/mol. The monoisotopic (exact) mass is 501 g/mol. The highest BCUT2D eigenvalue weighted by atomic mass is 16.6. The zero-order valence-corrected chi connectivity index (χ0v) is 22.1. The third kappa shape index (κ3) is 2.58. The molecule has 0 spiro atoms. The van der Waals surface area contributed by atoms with Crippen LogP contribution in [0.2, 0.25) is 0 Å². The molecule has 1 heterocycles. The van der Waals surface area contributed by atoms with E-state index in [-0.39, 0.29) is 16.7 Å². The number of ether oxygens (including phenoxy) is 2. The maximum Gasteiger partial charge on any atom is 0.337 e. The molecule has 6 nitrogen and oxygen atoms in total. The highest BCUT2D eigenvalue weighted by molar-refractivity contribution is 5.80. The summed E-state index contributed by atoms with van der Waals surface area (Å²) in [5.41, 5.74) is 1.97. The van der Waals surface area contributed by atoms with Gasteiger partial charge in [0.15, 0.2) is 6.10 Å². The number of nitrogens with one attached hydrogen (secondary N) is 1. The van der Waals surface area contributed by atoms with E-state index in [2.05, 4.69) is 57.8 Å². The van der Waals surface area contributed by atoms with Gasteiger partial charge in [-0.3, -0.25) is 4.79 Å². The molecule has 194 valence electrons. The van der Waals surface area contributed by atoms with E-state index >= 15 is 0 Å². The summed E-state index contributed by atoms with van der Waals surface area (Å²) in [6.07, 6.45) is -0.714. The van der Waals surface area contributed by atoms with Crippen molar-refractivity contribution in [1.29, 1.82) is 0 Å². The van der Waals surface area contributed by atoms with Crippen LogP contribution in [0.4, 0.5) is 0 Å². The largest absolute Gasteiger partial charge is 0.460 e. The molecule has 1 aliphatic heterocycles. The summed E-state index contributed by atoms with van der Waals surface area (Å²) >= 11 is 0. The van der Waals surface area contributed by atoms with Crippen molar-refractivity contribution in [2.24, 2.45) is 16.2 Å². The molecule has 2 N–H and O–H groups in total. The summed E-state index contributed by atoms with van der Waals surface area (Å²) in [7, 11) is 0. The lowest BCUT2D eigenvalue weighted by Crippen LogP contribution is -2.53. The van der Waals surface area contributed by atoms with Gasteiger partial charge in [0.25, 0.3) is 0 Å². The minimum absolute atomic E-state index is 0.234. The van der Waals surface area contributed by atoms with Crippen molar-refractivity contribution in [3.05, 3.63) is 77.9 Å². The molecular weight excluding hydrogens is 466 g/mol. The van der Waals surface area contributed by atoms with Crippen LogP contribution in [-0.4, -0.2) is 34.8 Å². The fourth-order valence-corrected chi connectivity index (χ4v) is 8.56. The molecule has 2 aromatic rings. The Morgan fingerprint density at radius 1 is 1.08 bits per heavy atom. The topological polar surface area (TPSA) is 88.2 Å². The first-order valence-corrected chi connectivity index (χ1v) is 13.1. The van der Waals surface area contributed by atoms with Crippen LogP contribution < -0.4 is 5.32 Å². The molecule has 0 unspecified atom stereocenters. The number of rotatable bonds is 5. The molecule has 2 aromatic carbocycles. The van der Waals surface area contributed by atoms with Crippen LogP contribution in [0, 0.1) is 16.2 Å². The molecule has 7 atom stereocenters. The molecule has 4 aliphatic rings. The molecule has 1 amide bonds. The Morgan fingerprint density at radius 2 is 1.73 bits per heavy atom. The standard InChI is InChI=1S/C31H35NO5/c1-18-16-30-29(6)23(36-26(35)25(34)24(32-19(2)33)20-12-8-7-9-13-20)17-28(5,27(29,3)4)31(30,37-30)22-15-11-10-14-21(18)22/h7-15,23-25,34H,1,16-17H2,2-6H3,(H,32,33)/t23-,24-,25+,28+,29-,30-,31+/m0/s1. The molecule has 6 rings (SSSR count). The molecule has 3 aliphatic carbocycles. The number of carbonyl (C=O) groups is 2. The third-order valence-electron chi connectivity index (χ3n) is 10.9. The van der Waals surface area contributed by atoms with Crippen molar-refractivity contribution < 1.29 is 24.2 Å². The van der Waals surface area contributed by atoms with Gasteiger partial charge in [0.2, 0.25) is 5.91 Å². The van der Waals surface area contributed by atoms with Crippen molar-refractivity contribution in [1.82, 2.24) is 5.32 Å². The van der Waals surface area contributed by atoms with E-state index in [1.165, 1.54) is 12.5 Å². The quantitative estimate of drug-likeness (QED) is 0.459. The van der Waals surface area contributed by atoms with Gasteiger partial charge in [-0.25, -0.2) is 4.79 Å². The second-order valence-corrected chi connectivity index (χ2v) is 12.3. The fraction of sp³-hybridized carbons (Fsp3) is 0.484. The summed E-state index contributed by atoms with van der Waals surface area (Å²) < 4.78 is 13.1. The van der Waals surface area contributed by atoms with E-state index in [0.29, 0.717) is 18.4 Å². The van der Waals surface area contributed by atoms with Gasteiger partial charge in [-0.15, -0.1) is 0 Å². The number of esters is 1. The number of hydrogen-bond acceptors (Lipinski definition) is 5. The van der Waals surface area contributed by atoms with Crippen molar-refractivity contribution in [2.75, 3.05) is 0 Å². The Balaban J connectivity index is 1.36. The maximum absolute atomic E-state index is 13.5. The normalized spacial score (nSPS) is 37.6. The average Bonchev–Trinajstić information content (AvgIpc) is 3.53. The molecule has 2 saturated carbocycles. The lowest BCUT2D eigenvalue weighted by atomic mass is 9.58. The van der Waals surface area contributed by atoms with Crippen LogP contribution in [0.3, 0.4) is 0 Å². The van der Waals surface area contributed by atoms with E-state index in [1.807, 2.05) is 12.1 Å². The Labute approximate surface area is 218 Å². The van der Waals surface area contributed by atoms with Gasteiger partial charge in [-0.05, 0) is 34.1 Å². The van der Waals surface area contributed by atoms with Crippen molar-refractivity contribution in [3.8, 4) is 0 Å². The van der Waals surface area contributed by atoms with Crippen molar-refractivity contribution in [3.63, 3.8) is 0 Å². The SMILES string of the molecule is C=C1C[C@@]23O[C@]2(c2ccccc21)[C@]1(C)C[C@H](OC(=O)[C@H](O)[C@@H](NC(C)=O)c2ccccc2)[C@@]3(C)C1(C)C. The minimum atomic E-state index is -1.55. The van der Waals surface area contributed by atoms with Gasteiger partial charge in [-0.2, -0.15) is 0 Å². The van der Waals surface area contributed by atoms with Crippen LogP contribution in [0.1, 0.15) is 70.2 Å². The third-order valence-corrected chi connectivity index (χ3v) is 10.9. The molecule has 6 heteroatoms. The van der Waals surface area contributed by atoms with E-state index in [1.54, 1.807) is 24.3 Å². The number of epoxide rings is 1. The molecule has 1 saturated heterocycles. The first-order valence-electron chi connectivity index (χ1n) is 13.1. The molecular formula is C31H35NO5. The first kappa shape index (κ1) is 24.4. The van der Waals surface area contributed by atoms with E-state index < -0.39 is 40.8 Å². The van der Waals surface area contributed by atoms with Crippen LogP contribution in [0.25, 0.3) is 5.57 Å². The zero-order chi connectivity index (χ0) is 26.6. The van der Waals surface area contributed by atoms with Gasteiger partial charge in [-0.1, -0.05) is 88.9 Å². The molecule has 2 bridgehead atoms. The number of fused-ring (bicyclic) bond motifs is 3. The number of aliphatic hydroxyl groups excluding tert-OH is 1. The van der Waals surface area contributed by atoms with E-state index in [9.17, 15) is 14.7 Å². The van der Waals surface area contributed by atoms with Gasteiger partial charge < -0.3 is 19.9 Å². The highest BCUT2D eigenvalue weighted by Gasteiger charge is 2.99. The summed E-state index contributed by atoms with van der Waals surface area (Å²) in [4.78, 5) is 25.4. The molecule has 0 aromatic heterocycles. The Hall–Kier alpha value is -2.96. The van der Waals surface area contributed by atoms with Gasteiger partial charge in [0.1, 0.15) is 17.3 Å². The van der Waals surface area contributed by atoms with E-state index in [4.69, 9.17) is 9.47 Å². The summed E-state index contributed by atoms with van der Waals surface area (Å²) in [5, 5.41) is 13.9. The highest BCUT2D eigenvalue weighted by Crippen LogP contribution is 2.93. The number of benzene rings is 2. The smallest absolute Gasteiger partial charge is 0.337 e. The lowest BCUT2D eigenvalue weighted by molar-refractivity contribution is -0.172. The molecule has 3 fully saturated rings. The Morgan fingerprint density at radius 3 is 2.41 bits per heavy atom. The van der Waals surface area contributed by atoms with Crippen LogP contribution >= 0.6 is 0 Å². The average molecular weight is 502 g/mol. The number of amides is 1. The second kappa shape index (κ2) is 7.33. The van der Waals surface area contributed by atoms with Gasteiger partial charge in [0, 0.05) is 24.2 Å². The minimum Gasteiger partial charge on any atom is -0.460 e. The van der Waals surface area contributed by atoms with Gasteiger partial charge >= 0.3 is 5.97 Å². The Bertz CT molecular complexity index is 1340. The van der Waals surface area contributed by atoms with Crippen molar-refractivity contribution in [2.45, 2.75) is 76.9 Å². The molecule has 37 heavy (non-hydrogen) atoms. The second-order valence-electron chi connectivity index (χ2n) is 12.3. The summed E-state index contributed by atoms with van der Waals surface area (Å²) in [5.74, 6) is -1.07. The first-order chi connectivity index (χ1) is 17.4.